The second-order valence-corrected chi connectivity index (χ2v) is 6.73. The highest BCUT2D eigenvalue weighted by Crippen LogP contribution is 2.39. The van der Waals surface area contributed by atoms with Gasteiger partial charge in [-0.05, 0) is 44.8 Å². The van der Waals surface area contributed by atoms with E-state index in [1.165, 1.54) is 7.11 Å². The minimum Gasteiger partial charge on any atom is -0.493 e. The number of alkyl halides is 3. The standard InChI is InChI=1S/C21H25F3N2O3/c1-26(2)11-7-10-25-20(27)16-12-19(29-14-15-8-5-4-6-9-15)18(28-3)13-17(16)21(22,23)24/h4-6,8-9,12-13H,7,10-11,14H2,1-3H3,(H,25,27). The minimum absolute atomic E-state index is 0.0720. The number of halogens is 3. The van der Waals surface area contributed by atoms with Crippen LogP contribution in [-0.4, -0.2) is 45.1 Å². The van der Waals surface area contributed by atoms with Crippen molar-refractivity contribution in [1.82, 2.24) is 10.2 Å². The van der Waals surface area contributed by atoms with E-state index in [0.29, 0.717) is 13.0 Å². The van der Waals surface area contributed by atoms with Gasteiger partial charge in [0.1, 0.15) is 6.61 Å². The first-order valence-corrected chi connectivity index (χ1v) is 9.11. The molecular weight excluding hydrogens is 385 g/mol. The SMILES string of the molecule is COc1cc(C(F)(F)F)c(C(=O)NCCCN(C)C)cc1OCc1ccccc1. The molecule has 0 aliphatic carbocycles. The predicted octanol–water partition coefficient (Wildman–Crippen LogP) is 3.97. The summed E-state index contributed by atoms with van der Waals surface area (Å²) >= 11 is 0. The molecule has 0 spiro atoms. The number of hydrogen-bond donors (Lipinski definition) is 1. The molecule has 1 amide bonds. The van der Waals surface area contributed by atoms with E-state index in [1.54, 1.807) is 0 Å². The maximum atomic E-state index is 13.5. The summed E-state index contributed by atoms with van der Waals surface area (Å²) in [5.41, 5.74) is -0.720. The first-order chi connectivity index (χ1) is 13.7. The zero-order valence-electron chi connectivity index (χ0n) is 16.7. The summed E-state index contributed by atoms with van der Waals surface area (Å²) in [5.74, 6) is -0.816. The van der Waals surface area contributed by atoms with Crippen molar-refractivity contribution in [2.75, 3.05) is 34.3 Å². The van der Waals surface area contributed by atoms with Crippen molar-refractivity contribution >= 4 is 5.91 Å². The summed E-state index contributed by atoms with van der Waals surface area (Å²) in [7, 11) is 5.01. The molecular formula is C21H25F3N2O3. The molecule has 0 atom stereocenters. The van der Waals surface area contributed by atoms with Crippen LogP contribution in [0.5, 0.6) is 11.5 Å². The van der Waals surface area contributed by atoms with Crippen LogP contribution in [0.25, 0.3) is 0 Å². The van der Waals surface area contributed by atoms with E-state index in [0.717, 1.165) is 17.7 Å². The maximum absolute atomic E-state index is 13.5. The molecule has 0 aliphatic rings. The van der Waals surface area contributed by atoms with Crippen molar-refractivity contribution in [2.24, 2.45) is 0 Å². The van der Waals surface area contributed by atoms with Gasteiger partial charge in [-0.3, -0.25) is 4.79 Å². The van der Waals surface area contributed by atoms with Crippen LogP contribution in [0.15, 0.2) is 42.5 Å². The highest BCUT2D eigenvalue weighted by Gasteiger charge is 2.37. The van der Waals surface area contributed by atoms with E-state index >= 15 is 0 Å². The number of carbonyl (C=O) groups excluding carboxylic acids is 1. The average molecular weight is 410 g/mol. The molecule has 2 rings (SSSR count). The molecule has 0 aliphatic heterocycles. The van der Waals surface area contributed by atoms with E-state index < -0.39 is 23.2 Å². The third kappa shape index (κ3) is 6.67. The lowest BCUT2D eigenvalue weighted by Crippen LogP contribution is -2.29. The van der Waals surface area contributed by atoms with Crippen molar-refractivity contribution in [2.45, 2.75) is 19.2 Å². The molecule has 29 heavy (non-hydrogen) atoms. The molecule has 0 radical (unpaired) electrons. The first kappa shape index (κ1) is 22.5. The normalized spacial score (nSPS) is 11.4. The van der Waals surface area contributed by atoms with Crippen molar-refractivity contribution < 1.29 is 27.4 Å². The molecule has 5 nitrogen and oxygen atoms in total. The fourth-order valence-corrected chi connectivity index (χ4v) is 2.68. The van der Waals surface area contributed by atoms with Gasteiger partial charge in [-0.25, -0.2) is 0 Å². The smallest absolute Gasteiger partial charge is 0.417 e. The molecule has 0 bridgehead atoms. The Morgan fingerprint density at radius 2 is 1.79 bits per heavy atom. The van der Waals surface area contributed by atoms with Gasteiger partial charge in [0.25, 0.3) is 5.91 Å². The third-order valence-electron chi connectivity index (χ3n) is 4.16. The van der Waals surface area contributed by atoms with Crippen LogP contribution in [0.4, 0.5) is 13.2 Å². The summed E-state index contributed by atoms with van der Waals surface area (Å²) in [6, 6.07) is 11.1. The van der Waals surface area contributed by atoms with Crippen LogP contribution in [0.3, 0.4) is 0 Å². The second-order valence-electron chi connectivity index (χ2n) is 6.73. The summed E-state index contributed by atoms with van der Waals surface area (Å²) in [6.45, 7) is 1.10. The average Bonchev–Trinajstić information content (AvgIpc) is 2.68. The fraction of sp³-hybridized carbons (Fsp3) is 0.381. The topological polar surface area (TPSA) is 50.8 Å². The number of nitrogens with zero attached hydrogens (tertiary/aromatic N) is 1. The van der Waals surface area contributed by atoms with Gasteiger partial charge in [-0.1, -0.05) is 30.3 Å². The van der Waals surface area contributed by atoms with Gasteiger partial charge in [0, 0.05) is 6.54 Å². The Balaban J connectivity index is 2.27. The lowest BCUT2D eigenvalue weighted by molar-refractivity contribution is -0.138. The first-order valence-electron chi connectivity index (χ1n) is 9.11. The quantitative estimate of drug-likeness (QED) is 0.636. The van der Waals surface area contributed by atoms with E-state index in [9.17, 15) is 18.0 Å². The number of methoxy groups -OCH3 is 1. The number of ether oxygens (including phenoxy) is 2. The van der Waals surface area contributed by atoms with Crippen LogP contribution in [-0.2, 0) is 12.8 Å². The Hall–Kier alpha value is -2.74. The van der Waals surface area contributed by atoms with Crippen molar-refractivity contribution in [3.8, 4) is 11.5 Å². The lowest BCUT2D eigenvalue weighted by atomic mass is 10.0. The van der Waals surface area contributed by atoms with Crippen LogP contribution in [0.2, 0.25) is 0 Å². The van der Waals surface area contributed by atoms with Crippen molar-refractivity contribution in [3.63, 3.8) is 0 Å². The largest absolute Gasteiger partial charge is 0.493 e. The highest BCUT2D eigenvalue weighted by molar-refractivity contribution is 5.96. The monoisotopic (exact) mass is 410 g/mol. The van der Waals surface area contributed by atoms with E-state index in [-0.39, 0.29) is 24.7 Å². The zero-order chi connectivity index (χ0) is 21.4. The molecule has 1 N–H and O–H groups in total. The lowest BCUT2D eigenvalue weighted by Gasteiger charge is -2.18. The molecule has 0 heterocycles. The third-order valence-corrected chi connectivity index (χ3v) is 4.16. The Morgan fingerprint density at radius 3 is 2.38 bits per heavy atom. The number of hydrogen-bond acceptors (Lipinski definition) is 4. The van der Waals surface area contributed by atoms with E-state index in [1.807, 2.05) is 49.3 Å². The van der Waals surface area contributed by atoms with Gasteiger partial charge < -0.3 is 19.7 Å². The van der Waals surface area contributed by atoms with Crippen LogP contribution >= 0.6 is 0 Å². The van der Waals surface area contributed by atoms with Gasteiger partial charge in [-0.2, -0.15) is 13.2 Å². The number of nitrogens with one attached hydrogen (secondary N) is 1. The Labute approximate surface area is 168 Å². The Morgan fingerprint density at radius 1 is 1.10 bits per heavy atom. The highest BCUT2D eigenvalue weighted by atomic mass is 19.4. The fourth-order valence-electron chi connectivity index (χ4n) is 2.68. The van der Waals surface area contributed by atoms with E-state index in [4.69, 9.17) is 9.47 Å². The van der Waals surface area contributed by atoms with E-state index in [2.05, 4.69) is 5.32 Å². The van der Waals surface area contributed by atoms with Gasteiger partial charge in [0.15, 0.2) is 11.5 Å². The zero-order valence-corrected chi connectivity index (χ0v) is 16.7. The molecule has 8 heteroatoms. The van der Waals surface area contributed by atoms with Gasteiger partial charge in [-0.15, -0.1) is 0 Å². The molecule has 0 saturated carbocycles. The number of benzene rings is 2. The number of rotatable bonds is 9. The van der Waals surface area contributed by atoms with Gasteiger partial charge >= 0.3 is 6.18 Å². The summed E-state index contributed by atoms with van der Waals surface area (Å²) in [5, 5.41) is 2.54. The molecule has 2 aromatic rings. The summed E-state index contributed by atoms with van der Waals surface area (Å²) < 4.78 is 51.3. The molecule has 0 aromatic heterocycles. The minimum atomic E-state index is -4.71. The van der Waals surface area contributed by atoms with Gasteiger partial charge in [0.2, 0.25) is 0 Å². The van der Waals surface area contributed by atoms with Crippen molar-refractivity contribution in [1.29, 1.82) is 0 Å². The summed E-state index contributed by atoms with van der Waals surface area (Å²) in [4.78, 5) is 14.4. The Kier molecular flexibility index (Phi) is 7.90. The predicted molar refractivity (Wildman–Crippen MR) is 104 cm³/mol. The molecule has 2 aromatic carbocycles. The number of carbonyl (C=O) groups is 1. The molecule has 158 valence electrons. The Bertz CT molecular complexity index is 809. The van der Waals surface area contributed by atoms with Crippen LogP contribution in [0, 0.1) is 0 Å². The maximum Gasteiger partial charge on any atom is 0.417 e. The van der Waals surface area contributed by atoms with Crippen molar-refractivity contribution in [3.05, 3.63) is 59.2 Å². The molecule has 0 fully saturated rings. The van der Waals surface area contributed by atoms with Crippen LogP contribution < -0.4 is 14.8 Å². The second kappa shape index (κ2) is 10.2. The molecule has 0 unspecified atom stereocenters. The molecule has 0 saturated heterocycles. The van der Waals surface area contributed by atoms with Gasteiger partial charge in [0.05, 0.1) is 18.2 Å². The summed E-state index contributed by atoms with van der Waals surface area (Å²) in [6.07, 6.45) is -4.09. The van der Waals surface area contributed by atoms with Crippen LogP contribution in [0.1, 0.15) is 27.9 Å². The number of amides is 1.